The van der Waals surface area contributed by atoms with Gasteiger partial charge in [-0.25, -0.2) is 4.79 Å². The first-order valence-corrected chi connectivity index (χ1v) is 9.51. The number of fused-ring (bicyclic) bond motifs is 1. The number of aliphatic hydroxyl groups excluding tert-OH is 1. The SMILES string of the molecule is CCOC(=O)c1cn(C[C@H](O)C(=O)Nc2ccc(C#N)c(C(F)(F)F)c2)c2ccccc12. The number of hydrogen-bond acceptors (Lipinski definition) is 5. The van der Waals surface area contributed by atoms with E-state index in [0.29, 0.717) is 17.0 Å². The summed E-state index contributed by atoms with van der Waals surface area (Å²) in [6.45, 7) is 1.58. The van der Waals surface area contributed by atoms with Gasteiger partial charge in [0, 0.05) is 22.8 Å². The zero-order chi connectivity index (χ0) is 23.5. The maximum Gasteiger partial charge on any atom is 0.417 e. The van der Waals surface area contributed by atoms with Crippen molar-refractivity contribution in [3.05, 3.63) is 65.4 Å². The molecule has 1 heterocycles. The van der Waals surface area contributed by atoms with Gasteiger partial charge in [-0.15, -0.1) is 0 Å². The molecule has 0 saturated carbocycles. The maximum atomic E-state index is 13.1. The molecule has 0 radical (unpaired) electrons. The Kier molecular flexibility index (Phi) is 6.50. The molecule has 7 nitrogen and oxygen atoms in total. The van der Waals surface area contributed by atoms with Crippen LogP contribution < -0.4 is 5.32 Å². The Bertz CT molecular complexity index is 1210. The van der Waals surface area contributed by atoms with Crippen LogP contribution in [0.1, 0.15) is 28.4 Å². The molecule has 2 aromatic carbocycles. The van der Waals surface area contributed by atoms with Gasteiger partial charge in [0.05, 0.1) is 35.9 Å². The first kappa shape index (κ1) is 22.8. The van der Waals surface area contributed by atoms with Crippen LogP contribution in [0, 0.1) is 11.3 Å². The molecule has 0 fully saturated rings. The second-order valence-electron chi connectivity index (χ2n) is 6.81. The van der Waals surface area contributed by atoms with E-state index >= 15 is 0 Å². The number of hydrogen-bond donors (Lipinski definition) is 2. The Morgan fingerprint density at radius 3 is 2.62 bits per heavy atom. The highest BCUT2D eigenvalue weighted by atomic mass is 19.4. The number of esters is 1. The third-order valence-corrected chi connectivity index (χ3v) is 4.67. The number of alkyl halides is 3. The number of nitrogens with zero attached hydrogens (tertiary/aromatic N) is 2. The smallest absolute Gasteiger partial charge is 0.417 e. The van der Waals surface area contributed by atoms with Crippen LogP contribution in [0.4, 0.5) is 18.9 Å². The van der Waals surface area contributed by atoms with Crippen LogP contribution in [0.5, 0.6) is 0 Å². The van der Waals surface area contributed by atoms with Crippen molar-refractivity contribution in [2.45, 2.75) is 25.7 Å². The highest BCUT2D eigenvalue weighted by Gasteiger charge is 2.34. The average molecular weight is 445 g/mol. The number of rotatable bonds is 6. The third kappa shape index (κ3) is 4.73. The Labute approximate surface area is 180 Å². The summed E-state index contributed by atoms with van der Waals surface area (Å²) in [6, 6.07) is 11.0. The van der Waals surface area contributed by atoms with Crippen molar-refractivity contribution >= 4 is 28.5 Å². The quantitative estimate of drug-likeness (QED) is 0.563. The molecule has 0 saturated heterocycles. The molecule has 0 unspecified atom stereocenters. The number of nitrogens with one attached hydrogen (secondary N) is 1. The van der Waals surface area contributed by atoms with Gasteiger partial charge in [0.25, 0.3) is 5.91 Å². The van der Waals surface area contributed by atoms with Crippen molar-refractivity contribution in [2.24, 2.45) is 0 Å². The number of nitriles is 1. The number of para-hydroxylation sites is 1. The lowest BCUT2D eigenvalue weighted by atomic mass is 10.1. The fraction of sp³-hybridized carbons (Fsp3) is 0.227. The lowest BCUT2D eigenvalue weighted by molar-refractivity contribution is -0.137. The largest absolute Gasteiger partial charge is 0.462 e. The maximum absolute atomic E-state index is 13.1. The van der Waals surface area contributed by atoms with Gasteiger partial charge < -0.3 is 19.7 Å². The number of aromatic nitrogens is 1. The second-order valence-corrected chi connectivity index (χ2v) is 6.81. The minimum atomic E-state index is -4.78. The predicted octanol–water partition coefficient (Wildman–Crippen LogP) is 3.71. The number of anilines is 1. The predicted molar refractivity (Wildman–Crippen MR) is 109 cm³/mol. The van der Waals surface area contributed by atoms with Crippen LogP contribution in [0.25, 0.3) is 10.9 Å². The molecule has 0 spiro atoms. The highest BCUT2D eigenvalue weighted by molar-refractivity contribution is 6.04. The molecule has 32 heavy (non-hydrogen) atoms. The first-order chi connectivity index (χ1) is 15.2. The van der Waals surface area contributed by atoms with Gasteiger partial charge in [-0.1, -0.05) is 18.2 Å². The van der Waals surface area contributed by atoms with Crippen molar-refractivity contribution < 1.29 is 32.6 Å². The van der Waals surface area contributed by atoms with Crippen molar-refractivity contribution in [1.29, 1.82) is 5.26 Å². The normalized spacial score (nSPS) is 12.2. The number of benzene rings is 2. The van der Waals surface area contributed by atoms with Crippen molar-refractivity contribution in [2.75, 3.05) is 11.9 Å². The standard InChI is InChI=1S/C22H18F3N3O4/c1-2-32-21(31)16-11-28(18-6-4-3-5-15(16)18)12-19(29)20(30)27-14-8-7-13(10-26)17(9-14)22(23,24)25/h3-9,11,19,29H,2,12H2,1H3,(H,27,30)/t19-/m0/s1. The first-order valence-electron chi connectivity index (χ1n) is 9.51. The van der Waals surface area contributed by atoms with Crippen molar-refractivity contribution in [3.63, 3.8) is 0 Å². The zero-order valence-electron chi connectivity index (χ0n) is 16.8. The average Bonchev–Trinajstić information content (AvgIpc) is 3.12. The van der Waals surface area contributed by atoms with Crippen LogP contribution in [0.15, 0.2) is 48.7 Å². The van der Waals surface area contributed by atoms with E-state index in [1.54, 1.807) is 31.2 Å². The molecule has 0 aliphatic carbocycles. The molecule has 0 aliphatic heterocycles. The van der Waals surface area contributed by atoms with E-state index in [9.17, 15) is 27.9 Å². The summed E-state index contributed by atoms with van der Waals surface area (Å²) < 4.78 is 45.9. The monoisotopic (exact) mass is 445 g/mol. The Hall–Kier alpha value is -3.84. The van der Waals surface area contributed by atoms with Crippen LogP contribution in [0.2, 0.25) is 0 Å². The van der Waals surface area contributed by atoms with Gasteiger partial charge in [0.2, 0.25) is 0 Å². The zero-order valence-corrected chi connectivity index (χ0v) is 16.8. The van der Waals surface area contributed by atoms with E-state index in [4.69, 9.17) is 10.00 Å². The van der Waals surface area contributed by atoms with E-state index in [0.717, 1.165) is 12.1 Å². The molecule has 3 aromatic rings. The van der Waals surface area contributed by atoms with Crippen molar-refractivity contribution in [3.8, 4) is 6.07 Å². The number of amides is 1. The summed E-state index contributed by atoms with van der Waals surface area (Å²) in [5.41, 5.74) is -1.16. The summed E-state index contributed by atoms with van der Waals surface area (Å²) in [6.07, 6.45) is -4.97. The lowest BCUT2D eigenvalue weighted by Crippen LogP contribution is -2.31. The van der Waals surface area contributed by atoms with E-state index in [1.165, 1.54) is 16.8 Å². The van der Waals surface area contributed by atoms with Crippen LogP contribution in [0.3, 0.4) is 0 Å². The summed E-state index contributed by atoms with van der Waals surface area (Å²) in [7, 11) is 0. The van der Waals surface area contributed by atoms with Gasteiger partial charge in [0.1, 0.15) is 0 Å². The highest BCUT2D eigenvalue weighted by Crippen LogP contribution is 2.33. The van der Waals surface area contributed by atoms with Gasteiger partial charge in [-0.3, -0.25) is 4.79 Å². The van der Waals surface area contributed by atoms with Crippen LogP contribution >= 0.6 is 0 Å². The molecule has 1 amide bonds. The Morgan fingerprint density at radius 2 is 1.97 bits per heavy atom. The fourth-order valence-electron chi connectivity index (χ4n) is 3.22. The van der Waals surface area contributed by atoms with E-state index < -0.39 is 35.3 Å². The van der Waals surface area contributed by atoms with E-state index in [2.05, 4.69) is 5.32 Å². The molecule has 3 rings (SSSR count). The minimum Gasteiger partial charge on any atom is -0.462 e. The summed E-state index contributed by atoms with van der Waals surface area (Å²) in [5, 5.41) is 22.0. The third-order valence-electron chi connectivity index (χ3n) is 4.67. The fourth-order valence-corrected chi connectivity index (χ4v) is 3.22. The molecule has 0 aliphatic rings. The van der Waals surface area contributed by atoms with E-state index in [1.807, 2.05) is 0 Å². The minimum absolute atomic E-state index is 0.174. The molecule has 10 heteroatoms. The second kappa shape index (κ2) is 9.11. The Morgan fingerprint density at radius 1 is 1.25 bits per heavy atom. The lowest BCUT2D eigenvalue weighted by Gasteiger charge is -2.15. The number of ether oxygens (including phenoxy) is 1. The van der Waals surface area contributed by atoms with Gasteiger partial charge >= 0.3 is 12.1 Å². The van der Waals surface area contributed by atoms with Crippen molar-refractivity contribution in [1.82, 2.24) is 4.57 Å². The molecular weight excluding hydrogens is 427 g/mol. The van der Waals surface area contributed by atoms with Crippen LogP contribution in [-0.4, -0.2) is 34.3 Å². The van der Waals surface area contributed by atoms with Gasteiger partial charge in [-0.05, 0) is 31.2 Å². The Balaban J connectivity index is 1.82. The summed E-state index contributed by atoms with van der Waals surface area (Å²) >= 11 is 0. The molecule has 1 atom stereocenters. The topological polar surface area (TPSA) is 104 Å². The van der Waals surface area contributed by atoms with Gasteiger partial charge in [-0.2, -0.15) is 18.4 Å². The molecule has 0 bridgehead atoms. The number of carbonyl (C=O) groups excluding carboxylic acids is 2. The number of carbonyl (C=O) groups is 2. The van der Waals surface area contributed by atoms with Crippen LogP contribution in [-0.2, 0) is 22.3 Å². The molecular formula is C22H18F3N3O4. The van der Waals surface area contributed by atoms with E-state index in [-0.39, 0.29) is 24.4 Å². The molecule has 166 valence electrons. The number of halogens is 3. The number of aliphatic hydroxyl groups is 1. The summed E-state index contributed by atoms with van der Waals surface area (Å²) in [4.78, 5) is 24.6. The summed E-state index contributed by atoms with van der Waals surface area (Å²) in [5.74, 6) is -1.50. The molecule has 2 N–H and O–H groups in total. The molecule has 1 aromatic heterocycles. The van der Waals surface area contributed by atoms with Gasteiger partial charge in [0.15, 0.2) is 6.10 Å².